The molecule has 0 rings (SSSR count). The molecule has 0 saturated carbocycles. The number of hydrogen-bond donors (Lipinski definition) is 2. The molecule has 0 aliphatic carbocycles. The van der Waals surface area contributed by atoms with Crippen LogP contribution in [0.15, 0.2) is 0 Å². The van der Waals surface area contributed by atoms with Crippen LogP contribution in [0.4, 0.5) is 0 Å². The van der Waals surface area contributed by atoms with Crippen molar-refractivity contribution in [1.82, 2.24) is 0 Å². The molecule has 0 fully saturated rings. The van der Waals surface area contributed by atoms with Crippen molar-refractivity contribution >= 4 is 21.6 Å². The molecule has 0 aromatic heterocycles. The smallest absolute Gasteiger partial charge is 0.0687 e. The molecule has 0 aromatic carbocycles. The predicted octanol–water partition coefficient (Wildman–Crippen LogP) is 0.929. The Morgan fingerprint density at radius 3 is 1.58 bits per heavy atom. The van der Waals surface area contributed by atoms with Gasteiger partial charge in [0.1, 0.15) is 0 Å². The maximum absolute atomic E-state index is 4.86. The average Bonchev–Trinajstić information content (AvgIpc) is 2.10. The van der Waals surface area contributed by atoms with Gasteiger partial charge in [0.25, 0.3) is 0 Å². The maximum atomic E-state index is 4.86. The Bertz CT molecular complexity index is 77.9. The van der Waals surface area contributed by atoms with Crippen LogP contribution in [-0.4, -0.2) is 24.7 Å². The third-order valence-electron chi connectivity index (χ3n) is 1.06. The molecule has 4 N–H and O–H groups in total. The van der Waals surface area contributed by atoms with Crippen LogP contribution in [0.3, 0.4) is 0 Å². The van der Waals surface area contributed by atoms with Crippen LogP contribution in [0.2, 0.25) is 0 Å². The molecular formula is C6H16N2O2S2. The predicted molar refractivity (Wildman–Crippen MR) is 54.4 cm³/mol. The minimum atomic E-state index is 0.638. The van der Waals surface area contributed by atoms with Crippen LogP contribution in [0.5, 0.6) is 0 Å². The van der Waals surface area contributed by atoms with Crippen molar-refractivity contribution in [3.63, 3.8) is 0 Å². The summed E-state index contributed by atoms with van der Waals surface area (Å²) < 4.78 is 0. The fourth-order valence-corrected chi connectivity index (χ4v) is 2.64. The number of nitrogens with two attached hydrogens (primary N) is 2. The van der Waals surface area contributed by atoms with E-state index in [1.165, 1.54) is 0 Å². The summed E-state index contributed by atoms with van der Waals surface area (Å²) in [7, 11) is 3.66. The Hall–Kier alpha value is 0.540. The van der Waals surface area contributed by atoms with Gasteiger partial charge in [-0.3, -0.25) is 0 Å². The Morgan fingerprint density at radius 2 is 1.25 bits per heavy atom. The summed E-state index contributed by atoms with van der Waals surface area (Å²) in [5.74, 6) is 11.9. The van der Waals surface area contributed by atoms with E-state index in [1.807, 2.05) is 21.6 Å². The van der Waals surface area contributed by atoms with Gasteiger partial charge in [0.2, 0.25) is 0 Å². The van der Waals surface area contributed by atoms with Crippen LogP contribution >= 0.6 is 21.6 Å². The molecular weight excluding hydrogens is 196 g/mol. The normalized spacial score (nSPS) is 10.5. The van der Waals surface area contributed by atoms with Gasteiger partial charge in [-0.1, -0.05) is 21.6 Å². The summed E-state index contributed by atoms with van der Waals surface area (Å²) in [6.45, 7) is 1.28. The van der Waals surface area contributed by atoms with Crippen molar-refractivity contribution in [2.75, 3.05) is 24.7 Å². The molecule has 0 atom stereocenters. The Kier molecular flexibility index (Phi) is 12.1. The second kappa shape index (κ2) is 11.5. The highest BCUT2D eigenvalue weighted by atomic mass is 33.1. The first kappa shape index (κ1) is 12.5. The maximum Gasteiger partial charge on any atom is 0.0687 e. The van der Waals surface area contributed by atoms with E-state index in [0.29, 0.717) is 13.2 Å². The summed E-state index contributed by atoms with van der Waals surface area (Å²) in [4.78, 5) is 8.86. The molecule has 0 unspecified atom stereocenters. The van der Waals surface area contributed by atoms with Crippen molar-refractivity contribution in [3.05, 3.63) is 0 Å². The summed E-state index contributed by atoms with van der Waals surface area (Å²) in [6.07, 6.45) is 2.00. The third-order valence-corrected chi connectivity index (χ3v) is 3.64. The Balaban J connectivity index is 2.73. The molecule has 0 aromatic rings. The molecule has 12 heavy (non-hydrogen) atoms. The molecule has 74 valence electrons. The molecule has 0 aliphatic heterocycles. The number of rotatable bonds is 9. The van der Waals surface area contributed by atoms with Gasteiger partial charge in [0, 0.05) is 11.5 Å². The van der Waals surface area contributed by atoms with E-state index in [9.17, 15) is 0 Å². The molecule has 0 radical (unpaired) electrons. The van der Waals surface area contributed by atoms with Crippen molar-refractivity contribution < 1.29 is 9.68 Å². The van der Waals surface area contributed by atoms with Crippen LogP contribution in [-0.2, 0) is 9.68 Å². The monoisotopic (exact) mass is 212 g/mol. The average molecular weight is 212 g/mol. The Morgan fingerprint density at radius 1 is 0.833 bits per heavy atom. The minimum absolute atomic E-state index is 0.638. The highest BCUT2D eigenvalue weighted by Crippen LogP contribution is 2.22. The van der Waals surface area contributed by atoms with Crippen LogP contribution in [0.1, 0.15) is 12.8 Å². The summed E-state index contributed by atoms with van der Waals surface area (Å²) >= 11 is 0. The van der Waals surface area contributed by atoms with Crippen molar-refractivity contribution in [2.45, 2.75) is 12.8 Å². The van der Waals surface area contributed by atoms with Gasteiger partial charge in [0.05, 0.1) is 13.2 Å². The van der Waals surface area contributed by atoms with Crippen molar-refractivity contribution in [2.24, 2.45) is 11.8 Å². The first-order valence-corrected chi connectivity index (χ1v) is 6.28. The summed E-state index contributed by atoms with van der Waals surface area (Å²) in [5, 5.41) is 0. The zero-order valence-corrected chi connectivity index (χ0v) is 8.66. The van der Waals surface area contributed by atoms with E-state index >= 15 is 0 Å². The second-order valence-corrected chi connectivity index (χ2v) is 4.79. The highest BCUT2D eigenvalue weighted by Gasteiger charge is 1.91. The SMILES string of the molecule is NOCCCSSCCCON. The van der Waals surface area contributed by atoms with E-state index in [1.54, 1.807) is 0 Å². The van der Waals surface area contributed by atoms with E-state index in [4.69, 9.17) is 11.8 Å². The lowest BCUT2D eigenvalue weighted by Gasteiger charge is -1.99. The molecule has 0 amide bonds. The molecule has 0 aliphatic rings. The van der Waals surface area contributed by atoms with Gasteiger partial charge in [-0.25, -0.2) is 11.8 Å². The number of hydrogen-bond acceptors (Lipinski definition) is 6. The first-order valence-electron chi connectivity index (χ1n) is 3.79. The molecule has 0 saturated heterocycles. The summed E-state index contributed by atoms with van der Waals surface area (Å²) in [6, 6.07) is 0. The van der Waals surface area contributed by atoms with E-state index in [-0.39, 0.29) is 0 Å². The minimum Gasteiger partial charge on any atom is -0.305 e. The van der Waals surface area contributed by atoms with Gasteiger partial charge in [0.15, 0.2) is 0 Å². The molecule has 0 bridgehead atoms. The Labute approximate surface area is 81.0 Å². The first-order chi connectivity index (χ1) is 5.91. The highest BCUT2D eigenvalue weighted by molar-refractivity contribution is 8.76. The van der Waals surface area contributed by atoms with Gasteiger partial charge >= 0.3 is 0 Å². The van der Waals surface area contributed by atoms with Crippen molar-refractivity contribution in [1.29, 1.82) is 0 Å². The zero-order chi connectivity index (χ0) is 9.07. The van der Waals surface area contributed by atoms with Gasteiger partial charge < -0.3 is 9.68 Å². The fourth-order valence-electron chi connectivity index (χ4n) is 0.520. The molecule has 6 heteroatoms. The van der Waals surface area contributed by atoms with E-state index < -0.39 is 0 Å². The van der Waals surface area contributed by atoms with Gasteiger partial charge in [-0.05, 0) is 12.8 Å². The quantitative estimate of drug-likeness (QED) is 0.336. The molecule has 4 nitrogen and oxygen atoms in total. The standard InChI is InChI=1S/C6H16N2O2S2/c7-9-3-1-5-11-12-6-2-4-10-8/h1-8H2. The largest absolute Gasteiger partial charge is 0.305 e. The van der Waals surface area contributed by atoms with Gasteiger partial charge in [-0.2, -0.15) is 0 Å². The lowest BCUT2D eigenvalue weighted by molar-refractivity contribution is 0.139. The molecule has 0 heterocycles. The van der Waals surface area contributed by atoms with Gasteiger partial charge in [-0.15, -0.1) is 0 Å². The third kappa shape index (κ3) is 10.5. The summed E-state index contributed by atoms with van der Waals surface area (Å²) in [5.41, 5.74) is 0. The zero-order valence-electron chi connectivity index (χ0n) is 7.03. The lowest BCUT2D eigenvalue weighted by Crippen LogP contribution is -2.01. The van der Waals surface area contributed by atoms with Crippen LogP contribution < -0.4 is 11.8 Å². The molecule has 0 spiro atoms. The van der Waals surface area contributed by atoms with Crippen molar-refractivity contribution in [3.8, 4) is 0 Å². The lowest BCUT2D eigenvalue weighted by atomic mass is 10.5. The van der Waals surface area contributed by atoms with E-state index in [0.717, 1.165) is 24.3 Å². The van der Waals surface area contributed by atoms with E-state index in [2.05, 4.69) is 9.68 Å². The second-order valence-electron chi connectivity index (χ2n) is 2.09. The van der Waals surface area contributed by atoms with Crippen LogP contribution in [0.25, 0.3) is 0 Å². The topological polar surface area (TPSA) is 70.5 Å². The van der Waals surface area contributed by atoms with Crippen LogP contribution in [0, 0.1) is 0 Å². The fraction of sp³-hybridized carbons (Fsp3) is 1.00.